The van der Waals surface area contributed by atoms with Crippen molar-refractivity contribution in [1.29, 1.82) is 0 Å². The van der Waals surface area contributed by atoms with Gasteiger partial charge in [-0.25, -0.2) is 18.0 Å². The van der Waals surface area contributed by atoms with E-state index in [1.807, 2.05) is 12.1 Å². The fraction of sp³-hybridized carbons (Fsp3) is 0.250. The van der Waals surface area contributed by atoms with Gasteiger partial charge >= 0.3 is 6.03 Å². The van der Waals surface area contributed by atoms with Crippen LogP contribution in [0.1, 0.15) is 24.0 Å². The molecule has 4 amide bonds. The van der Waals surface area contributed by atoms with Gasteiger partial charge in [0, 0.05) is 0 Å². The van der Waals surface area contributed by atoms with E-state index < -0.39 is 53.1 Å². The third kappa shape index (κ3) is 3.02. The number of benzene rings is 2. The Balaban J connectivity index is 1.55. The number of carbonyl (C=O) groups excluding carboxylic acids is 3. The minimum absolute atomic E-state index is 0.393. The number of nitrogens with zero attached hydrogens (tertiary/aromatic N) is 1. The highest BCUT2D eigenvalue weighted by Gasteiger charge is 2.54. The van der Waals surface area contributed by atoms with E-state index in [4.69, 9.17) is 0 Å². The molecule has 1 heterocycles. The molecule has 2 N–H and O–H groups in total. The molecule has 150 valence electrons. The van der Waals surface area contributed by atoms with Crippen molar-refractivity contribution < 1.29 is 27.6 Å². The Morgan fingerprint density at radius 2 is 1.86 bits per heavy atom. The second-order valence-electron chi connectivity index (χ2n) is 7.01. The first kappa shape index (κ1) is 19.0. The normalized spacial score (nSPS) is 20.6. The Kier molecular flexibility index (Phi) is 4.52. The van der Waals surface area contributed by atoms with Crippen LogP contribution in [-0.4, -0.2) is 29.3 Å². The van der Waals surface area contributed by atoms with E-state index in [1.165, 1.54) is 0 Å². The van der Waals surface area contributed by atoms with Gasteiger partial charge in [-0.05, 0) is 42.5 Å². The highest BCUT2D eigenvalue weighted by Crippen LogP contribution is 2.39. The summed E-state index contributed by atoms with van der Waals surface area (Å²) >= 11 is 0. The molecule has 0 radical (unpaired) electrons. The maximum atomic E-state index is 13.8. The number of rotatable bonds is 3. The van der Waals surface area contributed by atoms with Crippen molar-refractivity contribution in [3.8, 4) is 0 Å². The van der Waals surface area contributed by atoms with Crippen molar-refractivity contribution in [2.45, 2.75) is 24.8 Å². The van der Waals surface area contributed by atoms with Gasteiger partial charge in [0.25, 0.3) is 5.91 Å². The standard InChI is InChI=1S/C20H16F3N3O3/c21-13-7-8-14(17(23)16(13)22)24-15(27)10-26-18(28)20(25-19(26)29)9-3-5-11-4-1-2-6-12(11)20/h1-2,4,6-8H,3,5,9-10H2,(H,24,27)(H,25,29)/t20-/m0/s1. The Morgan fingerprint density at radius 1 is 1.10 bits per heavy atom. The molecule has 0 bridgehead atoms. The van der Waals surface area contributed by atoms with Gasteiger partial charge in [0.15, 0.2) is 17.5 Å². The first-order valence-corrected chi connectivity index (χ1v) is 8.99. The average Bonchev–Trinajstić information content (AvgIpc) is 2.93. The smallest absolute Gasteiger partial charge is 0.322 e. The van der Waals surface area contributed by atoms with Gasteiger partial charge in [-0.1, -0.05) is 24.3 Å². The van der Waals surface area contributed by atoms with E-state index in [9.17, 15) is 27.6 Å². The second-order valence-corrected chi connectivity index (χ2v) is 7.01. The predicted octanol–water partition coefficient (Wildman–Crippen LogP) is 2.83. The number of anilines is 1. The fourth-order valence-electron chi connectivity index (χ4n) is 3.91. The molecule has 0 aromatic heterocycles. The summed E-state index contributed by atoms with van der Waals surface area (Å²) in [5.41, 5.74) is -0.181. The molecule has 1 spiro atoms. The van der Waals surface area contributed by atoms with Gasteiger partial charge in [-0.3, -0.25) is 14.5 Å². The molecule has 2 aromatic carbocycles. The van der Waals surface area contributed by atoms with Crippen LogP contribution >= 0.6 is 0 Å². The zero-order chi connectivity index (χ0) is 20.8. The number of hydrogen-bond acceptors (Lipinski definition) is 3. The molecule has 6 nitrogen and oxygen atoms in total. The topological polar surface area (TPSA) is 78.5 Å². The molecule has 1 aliphatic carbocycles. The molecule has 2 aliphatic rings. The molecule has 1 fully saturated rings. The van der Waals surface area contributed by atoms with Gasteiger partial charge in [0.05, 0.1) is 5.69 Å². The van der Waals surface area contributed by atoms with E-state index in [0.29, 0.717) is 24.5 Å². The predicted molar refractivity (Wildman–Crippen MR) is 96.2 cm³/mol. The lowest BCUT2D eigenvalue weighted by Gasteiger charge is -2.33. The summed E-state index contributed by atoms with van der Waals surface area (Å²) < 4.78 is 40.1. The van der Waals surface area contributed by atoms with Crippen LogP contribution in [-0.2, 0) is 21.5 Å². The highest BCUT2D eigenvalue weighted by atomic mass is 19.2. The van der Waals surface area contributed by atoms with Crippen molar-refractivity contribution in [2.75, 3.05) is 11.9 Å². The first-order chi connectivity index (χ1) is 13.8. The molecule has 29 heavy (non-hydrogen) atoms. The number of imide groups is 1. The van der Waals surface area contributed by atoms with Crippen molar-refractivity contribution in [3.05, 3.63) is 65.0 Å². The Labute approximate surface area is 163 Å². The molecular weight excluding hydrogens is 387 g/mol. The van der Waals surface area contributed by atoms with Crippen molar-refractivity contribution in [3.63, 3.8) is 0 Å². The molecule has 0 saturated carbocycles. The Morgan fingerprint density at radius 3 is 2.66 bits per heavy atom. The zero-order valence-electron chi connectivity index (χ0n) is 15.1. The number of urea groups is 1. The van der Waals surface area contributed by atoms with Crippen LogP contribution in [0.4, 0.5) is 23.7 Å². The SMILES string of the molecule is O=C(CN1C(=O)N[C@]2(CCCc3ccccc32)C1=O)Nc1ccc(F)c(F)c1F. The average molecular weight is 403 g/mol. The third-order valence-corrected chi connectivity index (χ3v) is 5.26. The van der Waals surface area contributed by atoms with Crippen molar-refractivity contribution >= 4 is 23.5 Å². The van der Waals surface area contributed by atoms with Gasteiger partial charge in [-0.2, -0.15) is 0 Å². The van der Waals surface area contributed by atoms with Gasteiger partial charge < -0.3 is 10.6 Å². The van der Waals surface area contributed by atoms with Crippen LogP contribution in [0, 0.1) is 17.5 Å². The molecule has 1 aliphatic heterocycles. The van der Waals surface area contributed by atoms with Crippen LogP contribution < -0.4 is 10.6 Å². The third-order valence-electron chi connectivity index (χ3n) is 5.26. The summed E-state index contributed by atoms with van der Waals surface area (Å²) in [6.45, 7) is -0.687. The van der Waals surface area contributed by atoms with Gasteiger partial charge in [0.2, 0.25) is 5.91 Å². The number of hydrogen-bond donors (Lipinski definition) is 2. The number of amides is 4. The largest absolute Gasteiger partial charge is 0.325 e. The Bertz CT molecular complexity index is 1040. The monoisotopic (exact) mass is 403 g/mol. The van der Waals surface area contributed by atoms with E-state index in [1.54, 1.807) is 12.1 Å². The van der Waals surface area contributed by atoms with Crippen LogP contribution in [0.3, 0.4) is 0 Å². The van der Waals surface area contributed by atoms with E-state index in [-0.39, 0.29) is 0 Å². The summed E-state index contributed by atoms with van der Waals surface area (Å²) in [6.07, 6.45) is 1.85. The van der Waals surface area contributed by atoms with E-state index >= 15 is 0 Å². The number of carbonyl (C=O) groups is 3. The quantitative estimate of drug-likeness (QED) is 0.611. The van der Waals surface area contributed by atoms with Crippen LogP contribution in [0.15, 0.2) is 36.4 Å². The molecule has 4 rings (SSSR count). The minimum atomic E-state index is -1.73. The van der Waals surface area contributed by atoms with Gasteiger partial charge in [-0.15, -0.1) is 0 Å². The van der Waals surface area contributed by atoms with E-state index in [0.717, 1.165) is 23.0 Å². The summed E-state index contributed by atoms with van der Waals surface area (Å²) in [5, 5.41) is 4.76. The molecule has 0 unspecified atom stereocenters. The van der Waals surface area contributed by atoms with Crippen molar-refractivity contribution in [1.82, 2.24) is 10.2 Å². The summed E-state index contributed by atoms with van der Waals surface area (Å²) in [7, 11) is 0. The number of fused-ring (bicyclic) bond motifs is 2. The molecule has 1 saturated heterocycles. The first-order valence-electron chi connectivity index (χ1n) is 8.99. The molecule has 1 atom stereocenters. The lowest BCUT2D eigenvalue weighted by Crippen LogP contribution is -2.47. The number of halogens is 3. The van der Waals surface area contributed by atoms with Crippen LogP contribution in [0.5, 0.6) is 0 Å². The molecule has 2 aromatic rings. The maximum Gasteiger partial charge on any atom is 0.325 e. The second kappa shape index (κ2) is 6.91. The summed E-state index contributed by atoms with van der Waals surface area (Å²) in [6, 6.07) is 8.05. The molecular formula is C20H16F3N3O3. The summed E-state index contributed by atoms with van der Waals surface area (Å²) in [4.78, 5) is 38.5. The number of nitrogens with one attached hydrogen (secondary N) is 2. The lowest BCUT2D eigenvalue weighted by atomic mass is 9.76. The number of aryl methyl sites for hydroxylation is 1. The fourth-order valence-corrected chi connectivity index (χ4v) is 3.91. The van der Waals surface area contributed by atoms with Crippen LogP contribution in [0.25, 0.3) is 0 Å². The summed E-state index contributed by atoms with van der Waals surface area (Å²) in [5.74, 6) is -6.17. The van der Waals surface area contributed by atoms with Gasteiger partial charge in [0.1, 0.15) is 12.1 Å². The van der Waals surface area contributed by atoms with E-state index in [2.05, 4.69) is 10.6 Å². The minimum Gasteiger partial charge on any atom is -0.322 e. The lowest BCUT2D eigenvalue weighted by molar-refractivity contribution is -0.134. The highest BCUT2D eigenvalue weighted by molar-refractivity contribution is 6.10. The van der Waals surface area contributed by atoms with Crippen molar-refractivity contribution in [2.24, 2.45) is 0 Å². The maximum absolute atomic E-state index is 13.8. The Hall–Kier alpha value is -3.36. The zero-order valence-corrected chi connectivity index (χ0v) is 15.1. The van der Waals surface area contributed by atoms with Crippen LogP contribution in [0.2, 0.25) is 0 Å². The molecule has 9 heteroatoms.